The first-order valence-electron chi connectivity index (χ1n) is 6.19. The quantitative estimate of drug-likeness (QED) is 0.663. The van der Waals surface area contributed by atoms with Gasteiger partial charge < -0.3 is 10.6 Å². The second kappa shape index (κ2) is 5.58. The number of non-ortho nitro benzene ring substituents is 1. The number of alkyl halides is 3. The Balaban J connectivity index is 2.34. The van der Waals surface area contributed by atoms with Gasteiger partial charge in [-0.2, -0.15) is 13.2 Å². The Labute approximate surface area is 117 Å². The van der Waals surface area contributed by atoms with Gasteiger partial charge in [0.2, 0.25) is 5.91 Å². The molecular weight excluding hydrogens is 291 g/mol. The van der Waals surface area contributed by atoms with Crippen LogP contribution in [0.4, 0.5) is 24.5 Å². The fourth-order valence-corrected chi connectivity index (χ4v) is 2.10. The van der Waals surface area contributed by atoms with Gasteiger partial charge in [-0.15, -0.1) is 0 Å². The molecule has 2 rings (SSSR count). The minimum absolute atomic E-state index is 0.338. The Morgan fingerprint density at radius 3 is 2.67 bits per heavy atom. The number of hydrogen-bond donors (Lipinski definition) is 2. The minimum atomic E-state index is -4.75. The third-order valence-corrected chi connectivity index (χ3v) is 3.13. The highest BCUT2D eigenvalue weighted by Crippen LogP contribution is 2.37. The van der Waals surface area contributed by atoms with Crippen molar-refractivity contribution in [1.82, 2.24) is 5.32 Å². The van der Waals surface area contributed by atoms with Crippen molar-refractivity contribution in [3.63, 3.8) is 0 Å². The molecule has 1 aliphatic rings. The van der Waals surface area contributed by atoms with Gasteiger partial charge in [0.1, 0.15) is 6.04 Å². The number of anilines is 1. The van der Waals surface area contributed by atoms with Crippen LogP contribution in [0.15, 0.2) is 18.2 Å². The van der Waals surface area contributed by atoms with E-state index >= 15 is 0 Å². The van der Waals surface area contributed by atoms with E-state index in [0.717, 1.165) is 12.1 Å². The maximum absolute atomic E-state index is 13.0. The van der Waals surface area contributed by atoms with E-state index in [1.165, 1.54) is 0 Å². The van der Waals surface area contributed by atoms with Crippen molar-refractivity contribution < 1.29 is 22.9 Å². The molecule has 21 heavy (non-hydrogen) atoms. The second-order valence-corrected chi connectivity index (χ2v) is 4.61. The summed E-state index contributed by atoms with van der Waals surface area (Å²) in [5.74, 6) is -0.382. The molecule has 0 radical (unpaired) electrons. The van der Waals surface area contributed by atoms with Crippen molar-refractivity contribution in [1.29, 1.82) is 0 Å². The molecule has 1 atom stereocenters. The van der Waals surface area contributed by atoms with Crippen LogP contribution in [0.3, 0.4) is 0 Å². The molecule has 1 heterocycles. The predicted octanol–water partition coefficient (Wildman–Crippen LogP) is 2.30. The number of rotatable bonds is 3. The number of hydrogen-bond acceptors (Lipinski definition) is 4. The van der Waals surface area contributed by atoms with Gasteiger partial charge in [-0.25, -0.2) is 0 Å². The summed E-state index contributed by atoms with van der Waals surface area (Å²) in [6, 6.07) is 1.63. The van der Waals surface area contributed by atoms with Gasteiger partial charge in [0, 0.05) is 24.4 Å². The van der Waals surface area contributed by atoms with Crippen LogP contribution in [0.2, 0.25) is 0 Å². The van der Waals surface area contributed by atoms with Crippen molar-refractivity contribution in [2.75, 3.05) is 11.9 Å². The van der Waals surface area contributed by atoms with Crippen molar-refractivity contribution in [3.05, 3.63) is 33.9 Å². The lowest BCUT2D eigenvalue weighted by molar-refractivity contribution is -0.385. The lowest BCUT2D eigenvalue weighted by atomic mass is 10.0. The fraction of sp³-hybridized carbons (Fsp3) is 0.417. The highest BCUT2D eigenvalue weighted by atomic mass is 19.4. The number of carbonyl (C=O) groups is 1. The van der Waals surface area contributed by atoms with E-state index in [1.807, 2.05) is 0 Å². The minimum Gasteiger partial charge on any atom is -0.373 e. The van der Waals surface area contributed by atoms with Crippen LogP contribution in [-0.4, -0.2) is 23.4 Å². The Hall–Kier alpha value is -2.32. The van der Waals surface area contributed by atoms with Crippen LogP contribution in [0, 0.1) is 10.1 Å². The van der Waals surface area contributed by atoms with E-state index in [4.69, 9.17) is 0 Å². The first kappa shape index (κ1) is 15.1. The first-order chi connectivity index (χ1) is 9.79. The number of carbonyl (C=O) groups excluding carboxylic acids is 1. The lowest BCUT2D eigenvalue weighted by Gasteiger charge is -2.25. The molecule has 6 nitrogen and oxygen atoms in total. The maximum Gasteiger partial charge on any atom is 0.418 e. The molecule has 1 unspecified atom stereocenters. The van der Waals surface area contributed by atoms with Gasteiger partial charge in [0.05, 0.1) is 10.5 Å². The van der Waals surface area contributed by atoms with Gasteiger partial charge in [0.25, 0.3) is 5.69 Å². The molecule has 1 fully saturated rings. The van der Waals surface area contributed by atoms with Crippen LogP contribution in [-0.2, 0) is 11.0 Å². The second-order valence-electron chi connectivity index (χ2n) is 4.61. The van der Waals surface area contributed by atoms with Gasteiger partial charge >= 0.3 is 6.18 Å². The zero-order chi connectivity index (χ0) is 15.6. The third-order valence-electron chi connectivity index (χ3n) is 3.13. The summed E-state index contributed by atoms with van der Waals surface area (Å²) in [5.41, 5.74) is -2.15. The highest BCUT2D eigenvalue weighted by molar-refractivity contribution is 5.85. The summed E-state index contributed by atoms with van der Waals surface area (Å²) in [4.78, 5) is 21.3. The number of nitro groups is 1. The molecule has 1 aromatic carbocycles. The molecule has 0 bridgehead atoms. The largest absolute Gasteiger partial charge is 0.418 e. The van der Waals surface area contributed by atoms with Crippen molar-refractivity contribution in [3.8, 4) is 0 Å². The summed E-state index contributed by atoms with van der Waals surface area (Å²) in [5, 5.41) is 15.7. The Kier molecular flexibility index (Phi) is 4.01. The molecule has 0 aliphatic carbocycles. The van der Waals surface area contributed by atoms with Crippen molar-refractivity contribution in [2.24, 2.45) is 0 Å². The molecule has 9 heteroatoms. The van der Waals surface area contributed by atoms with Gasteiger partial charge in [-0.05, 0) is 18.9 Å². The summed E-state index contributed by atoms with van der Waals surface area (Å²) in [6.45, 7) is 0.489. The summed E-state index contributed by atoms with van der Waals surface area (Å²) >= 11 is 0. The number of amides is 1. The van der Waals surface area contributed by atoms with Crippen LogP contribution >= 0.6 is 0 Å². The molecular formula is C12H12F3N3O3. The number of nitrogens with zero attached hydrogens (tertiary/aromatic N) is 1. The van der Waals surface area contributed by atoms with Crippen molar-refractivity contribution >= 4 is 17.3 Å². The molecule has 1 saturated heterocycles. The van der Waals surface area contributed by atoms with E-state index in [-0.39, 0.29) is 11.6 Å². The first-order valence-corrected chi connectivity index (χ1v) is 6.19. The maximum atomic E-state index is 13.0. The number of nitro benzene ring substituents is 1. The van der Waals surface area contributed by atoms with E-state index < -0.39 is 28.4 Å². The van der Waals surface area contributed by atoms with Crippen LogP contribution in [0.5, 0.6) is 0 Å². The van der Waals surface area contributed by atoms with Crippen LogP contribution in [0.25, 0.3) is 0 Å². The van der Waals surface area contributed by atoms with E-state index in [2.05, 4.69) is 10.6 Å². The normalized spacial score (nSPS) is 19.0. The highest BCUT2D eigenvalue weighted by Gasteiger charge is 2.36. The van der Waals surface area contributed by atoms with E-state index in [1.54, 1.807) is 0 Å². The standard InChI is InChI=1S/C12H12F3N3O3/c13-12(14,15)8-6-7(18(20)21)3-4-9(8)17-10-2-1-5-16-11(10)19/h3-4,6,10,17H,1-2,5H2,(H,16,19). The Bertz CT molecular complexity index is 575. The van der Waals surface area contributed by atoms with E-state index in [9.17, 15) is 28.1 Å². The Morgan fingerprint density at radius 2 is 2.10 bits per heavy atom. The van der Waals surface area contributed by atoms with Gasteiger partial charge in [-0.1, -0.05) is 0 Å². The SMILES string of the molecule is O=C1NCCCC1Nc1ccc([N+](=O)[O-])cc1C(F)(F)F. The van der Waals surface area contributed by atoms with Gasteiger partial charge in [-0.3, -0.25) is 14.9 Å². The summed E-state index contributed by atoms with van der Waals surface area (Å²) < 4.78 is 38.9. The molecule has 0 saturated carbocycles. The smallest absolute Gasteiger partial charge is 0.373 e. The number of halogens is 3. The van der Waals surface area contributed by atoms with E-state index in [0.29, 0.717) is 25.5 Å². The molecule has 1 aliphatic heterocycles. The van der Waals surface area contributed by atoms with Crippen LogP contribution < -0.4 is 10.6 Å². The molecule has 2 N–H and O–H groups in total. The topological polar surface area (TPSA) is 84.3 Å². The molecule has 0 aromatic heterocycles. The number of benzene rings is 1. The van der Waals surface area contributed by atoms with Gasteiger partial charge in [0.15, 0.2) is 0 Å². The fourth-order valence-electron chi connectivity index (χ4n) is 2.10. The summed E-state index contributed by atoms with van der Waals surface area (Å²) in [7, 11) is 0. The average molecular weight is 303 g/mol. The lowest BCUT2D eigenvalue weighted by Crippen LogP contribution is -2.44. The number of piperidine rings is 1. The monoisotopic (exact) mass is 303 g/mol. The molecule has 114 valence electrons. The predicted molar refractivity (Wildman–Crippen MR) is 67.8 cm³/mol. The molecule has 0 spiro atoms. The Morgan fingerprint density at radius 1 is 1.38 bits per heavy atom. The summed E-state index contributed by atoms with van der Waals surface area (Å²) in [6.07, 6.45) is -3.70. The molecule has 1 aromatic rings. The zero-order valence-electron chi connectivity index (χ0n) is 10.7. The third kappa shape index (κ3) is 3.41. The van der Waals surface area contributed by atoms with Crippen LogP contribution in [0.1, 0.15) is 18.4 Å². The molecule has 1 amide bonds. The zero-order valence-corrected chi connectivity index (χ0v) is 10.7. The van der Waals surface area contributed by atoms with Crippen molar-refractivity contribution in [2.45, 2.75) is 25.1 Å². The number of nitrogens with one attached hydrogen (secondary N) is 2. The average Bonchev–Trinajstić information content (AvgIpc) is 2.40.